The van der Waals surface area contributed by atoms with Crippen molar-refractivity contribution in [3.63, 3.8) is 0 Å². The van der Waals surface area contributed by atoms with Crippen molar-refractivity contribution in [2.45, 2.75) is 25.4 Å². The Kier molecular flexibility index (Phi) is 4.70. The van der Waals surface area contributed by atoms with Gasteiger partial charge >= 0.3 is 0 Å². The van der Waals surface area contributed by atoms with Crippen LogP contribution in [0.1, 0.15) is 28.8 Å². The van der Waals surface area contributed by atoms with Gasteiger partial charge in [0.15, 0.2) is 5.58 Å². The van der Waals surface area contributed by atoms with Crippen LogP contribution in [0.4, 0.5) is 4.39 Å². The Bertz CT molecular complexity index is 1470. The fourth-order valence-electron chi connectivity index (χ4n) is 4.98. The zero-order chi connectivity index (χ0) is 23.4. The minimum absolute atomic E-state index is 0.0106. The minimum Gasteiger partial charge on any atom is -0.463 e. The first kappa shape index (κ1) is 20.9. The minimum atomic E-state index is -0.436. The molecule has 1 aliphatic heterocycles. The van der Waals surface area contributed by atoms with Gasteiger partial charge in [0.05, 0.1) is 43.2 Å². The Hall–Kier alpha value is -3.72. The molecular formula is C25H23FN4O4. The molecule has 0 bridgehead atoms. The van der Waals surface area contributed by atoms with Gasteiger partial charge in [-0.05, 0) is 30.5 Å². The molecule has 0 atom stereocenters. The average Bonchev–Trinajstić information content (AvgIpc) is 3.41. The summed E-state index contributed by atoms with van der Waals surface area (Å²) >= 11 is 0. The molecule has 1 saturated heterocycles. The van der Waals surface area contributed by atoms with Crippen LogP contribution < -0.4 is 10.9 Å². The van der Waals surface area contributed by atoms with Crippen molar-refractivity contribution in [2.24, 2.45) is 12.5 Å². The summed E-state index contributed by atoms with van der Waals surface area (Å²) in [4.78, 5) is 26.1. The third-order valence-electron chi connectivity index (χ3n) is 6.87. The van der Waals surface area contributed by atoms with E-state index in [2.05, 4.69) is 10.4 Å². The van der Waals surface area contributed by atoms with Crippen molar-refractivity contribution in [1.29, 1.82) is 0 Å². The van der Waals surface area contributed by atoms with Crippen LogP contribution in [0.3, 0.4) is 0 Å². The van der Waals surface area contributed by atoms with E-state index in [1.807, 2.05) is 0 Å². The van der Waals surface area contributed by atoms with Crippen molar-refractivity contribution >= 4 is 16.9 Å². The molecule has 3 aromatic heterocycles. The summed E-state index contributed by atoms with van der Waals surface area (Å²) in [5.41, 5.74) is 2.22. The van der Waals surface area contributed by atoms with Crippen LogP contribution in [0.25, 0.3) is 22.1 Å². The Morgan fingerprint density at radius 1 is 1.24 bits per heavy atom. The molecule has 2 aliphatic rings. The summed E-state index contributed by atoms with van der Waals surface area (Å²) in [7, 11) is 1.80. The average molecular weight is 462 g/mol. The molecule has 174 valence electrons. The molecule has 0 unspecified atom stereocenters. The number of nitrogens with zero attached hydrogens (tertiary/aromatic N) is 3. The number of carbonyl (C=O) groups excluding carboxylic acids is 1. The number of benzene rings is 1. The highest BCUT2D eigenvalue weighted by molar-refractivity contribution is 6.04. The summed E-state index contributed by atoms with van der Waals surface area (Å²) in [5.74, 6) is -0.741. The number of furan rings is 1. The number of carbonyl (C=O) groups is 1. The number of amides is 1. The van der Waals surface area contributed by atoms with Crippen LogP contribution in [0.2, 0.25) is 0 Å². The molecule has 0 radical (unpaired) electrons. The van der Waals surface area contributed by atoms with Gasteiger partial charge in [0.2, 0.25) is 0 Å². The number of nitrogens with one attached hydrogen (secondary N) is 1. The molecule has 34 heavy (non-hydrogen) atoms. The zero-order valence-corrected chi connectivity index (χ0v) is 18.6. The standard InChI is InChI=1S/C25H23FN4O4/c1-29-10-17(9-27-29)15-2-3-16(21(26)6-15)11-30-12-20(22-19(24(30)32)4-5-34-22)23(31)28-18-7-25(8-18)13-33-14-25/h2-6,9-10,12,18H,7-8,11,13-14H2,1H3,(H,28,31). The van der Waals surface area contributed by atoms with Crippen molar-refractivity contribution in [3.05, 3.63) is 76.4 Å². The summed E-state index contributed by atoms with van der Waals surface area (Å²) in [5, 5.41) is 7.44. The molecule has 9 heteroatoms. The molecule has 1 aliphatic carbocycles. The second kappa shape index (κ2) is 7.66. The van der Waals surface area contributed by atoms with Gasteiger partial charge in [-0.1, -0.05) is 12.1 Å². The van der Waals surface area contributed by atoms with Crippen LogP contribution in [0.5, 0.6) is 0 Å². The predicted octanol–water partition coefficient (Wildman–Crippen LogP) is 3.09. The summed E-state index contributed by atoms with van der Waals surface area (Å²) in [6.45, 7) is 1.49. The van der Waals surface area contributed by atoms with Gasteiger partial charge in [0, 0.05) is 42.0 Å². The molecule has 6 rings (SSSR count). The number of fused-ring (bicyclic) bond motifs is 1. The summed E-state index contributed by atoms with van der Waals surface area (Å²) < 4.78 is 28.7. The SMILES string of the molecule is Cn1cc(-c2ccc(Cn3cc(C(=O)NC4CC5(COC5)C4)c4occc4c3=O)c(F)c2)cn1. The molecule has 1 aromatic carbocycles. The monoisotopic (exact) mass is 462 g/mol. The molecule has 2 fully saturated rings. The quantitative estimate of drug-likeness (QED) is 0.492. The van der Waals surface area contributed by atoms with E-state index < -0.39 is 5.82 Å². The molecule has 4 aromatic rings. The van der Waals surface area contributed by atoms with E-state index in [4.69, 9.17) is 9.15 Å². The van der Waals surface area contributed by atoms with E-state index in [0.29, 0.717) is 11.1 Å². The van der Waals surface area contributed by atoms with Crippen LogP contribution in [0.15, 0.2) is 58.3 Å². The van der Waals surface area contributed by atoms with Crippen molar-refractivity contribution in [1.82, 2.24) is 19.7 Å². The Morgan fingerprint density at radius 3 is 2.74 bits per heavy atom. The Balaban J connectivity index is 1.28. The first-order valence-corrected chi connectivity index (χ1v) is 11.2. The van der Waals surface area contributed by atoms with Crippen LogP contribution in [-0.2, 0) is 18.3 Å². The number of aryl methyl sites for hydroxylation is 1. The number of hydrogen-bond acceptors (Lipinski definition) is 5. The number of pyridine rings is 1. The highest BCUT2D eigenvalue weighted by Gasteiger charge is 2.50. The molecular weight excluding hydrogens is 439 g/mol. The maximum Gasteiger partial charge on any atom is 0.262 e. The Labute approximate surface area is 193 Å². The maximum atomic E-state index is 15.0. The van der Waals surface area contributed by atoms with E-state index >= 15 is 0 Å². The lowest BCUT2D eigenvalue weighted by atomic mass is 9.64. The molecule has 4 heterocycles. The summed E-state index contributed by atoms with van der Waals surface area (Å²) in [6.07, 6.45) is 8.08. The molecule has 1 amide bonds. The van der Waals surface area contributed by atoms with Gasteiger partial charge in [0.25, 0.3) is 11.5 Å². The molecule has 1 saturated carbocycles. The van der Waals surface area contributed by atoms with E-state index in [9.17, 15) is 14.0 Å². The number of aromatic nitrogens is 3. The zero-order valence-electron chi connectivity index (χ0n) is 18.6. The highest BCUT2D eigenvalue weighted by atomic mass is 19.1. The van der Waals surface area contributed by atoms with Crippen molar-refractivity contribution in [2.75, 3.05) is 13.2 Å². The molecule has 1 spiro atoms. The van der Waals surface area contributed by atoms with Crippen LogP contribution in [-0.4, -0.2) is 39.5 Å². The largest absolute Gasteiger partial charge is 0.463 e. The third kappa shape index (κ3) is 3.43. The second-order valence-electron chi connectivity index (χ2n) is 9.42. The normalized spacial score (nSPS) is 17.0. The molecule has 8 nitrogen and oxygen atoms in total. The van der Waals surface area contributed by atoms with Gasteiger partial charge < -0.3 is 19.0 Å². The summed E-state index contributed by atoms with van der Waals surface area (Å²) in [6, 6.07) is 6.48. The van der Waals surface area contributed by atoms with E-state index in [1.54, 1.807) is 36.3 Å². The smallest absolute Gasteiger partial charge is 0.262 e. The highest BCUT2D eigenvalue weighted by Crippen LogP contribution is 2.46. The van der Waals surface area contributed by atoms with E-state index in [1.165, 1.54) is 29.2 Å². The maximum absolute atomic E-state index is 15.0. The van der Waals surface area contributed by atoms with Gasteiger partial charge in [-0.25, -0.2) is 4.39 Å². The number of halogens is 1. The van der Waals surface area contributed by atoms with Gasteiger partial charge in [-0.2, -0.15) is 5.10 Å². The first-order valence-electron chi connectivity index (χ1n) is 11.2. The fourth-order valence-corrected chi connectivity index (χ4v) is 4.98. The van der Waals surface area contributed by atoms with Gasteiger partial charge in [0.1, 0.15) is 5.82 Å². The molecule has 1 N–H and O–H groups in total. The van der Waals surface area contributed by atoms with E-state index in [-0.39, 0.29) is 46.0 Å². The third-order valence-corrected chi connectivity index (χ3v) is 6.87. The van der Waals surface area contributed by atoms with Crippen molar-refractivity contribution in [3.8, 4) is 11.1 Å². The Morgan fingerprint density at radius 2 is 2.06 bits per heavy atom. The number of hydrogen-bond donors (Lipinski definition) is 1. The first-order chi connectivity index (χ1) is 16.4. The van der Waals surface area contributed by atoms with Crippen LogP contribution >= 0.6 is 0 Å². The number of ether oxygens (including phenoxy) is 1. The topological polar surface area (TPSA) is 91.3 Å². The lowest BCUT2D eigenvalue weighted by Gasteiger charge is -2.53. The van der Waals surface area contributed by atoms with Gasteiger partial charge in [-0.15, -0.1) is 0 Å². The second-order valence-corrected chi connectivity index (χ2v) is 9.42. The number of rotatable bonds is 5. The fraction of sp³-hybridized carbons (Fsp3) is 0.320. The lowest BCUT2D eigenvalue weighted by molar-refractivity contribution is -0.165. The lowest BCUT2D eigenvalue weighted by Crippen LogP contribution is -2.59. The van der Waals surface area contributed by atoms with Crippen LogP contribution in [0, 0.1) is 11.2 Å². The van der Waals surface area contributed by atoms with Crippen molar-refractivity contribution < 1.29 is 18.3 Å². The van der Waals surface area contributed by atoms with Gasteiger partial charge in [-0.3, -0.25) is 14.3 Å². The van der Waals surface area contributed by atoms with E-state index in [0.717, 1.165) is 31.6 Å². The predicted molar refractivity (Wildman–Crippen MR) is 122 cm³/mol.